The summed E-state index contributed by atoms with van der Waals surface area (Å²) < 4.78 is 31.6. The molecule has 6 nitrogen and oxygen atoms in total. The molecule has 0 aliphatic rings. The third kappa shape index (κ3) is 2.82. The smallest absolute Gasteiger partial charge is 0.295 e. The Balaban J connectivity index is 2.14. The number of hydrogen-bond donors (Lipinski definition) is 1. The number of hydrogen-bond acceptors (Lipinski definition) is 3. The van der Waals surface area contributed by atoms with E-state index in [1.54, 1.807) is 37.7 Å². The Morgan fingerprint density at radius 2 is 1.31 bits per heavy atom. The van der Waals surface area contributed by atoms with Crippen molar-refractivity contribution in [2.24, 2.45) is 14.1 Å². The molecule has 7 heteroatoms. The number of benzene rings is 2. The van der Waals surface area contributed by atoms with Crippen LogP contribution < -0.4 is 10.4 Å². The molecule has 0 atom stereocenters. The second-order valence-corrected chi connectivity index (χ2v) is 8.51. The van der Waals surface area contributed by atoms with E-state index in [1.807, 2.05) is 32.9 Å². The molecule has 0 aliphatic carbocycles. The van der Waals surface area contributed by atoms with E-state index in [0.717, 1.165) is 22.2 Å². The summed E-state index contributed by atoms with van der Waals surface area (Å²) in [7, 11) is -0.362. The number of fused-ring (bicyclic) bond motifs is 1. The lowest BCUT2D eigenvalue weighted by Gasteiger charge is -2.14. The molecule has 26 heavy (non-hydrogen) atoms. The highest BCUT2D eigenvalue weighted by Crippen LogP contribution is 2.27. The molecule has 1 N–H and O–H groups in total. The zero-order valence-corrected chi connectivity index (χ0v) is 16.7. The van der Waals surface area contributed by atoms with Gasteiger partial charge >= 0.3 is 5.69 Å². The first-order valence-corrected chi connectivity index (χ1v) is 9.78. The summed E-state index contributed by atoms with van der Waals surface area (Å²) in [5.41, 5.74) is 5.20. The predicted molar refractivity (Wildman–Crippen MR) is 104 cm³/mol. The van der Waals surface area contributed by atoms with Gasteiger partial charge in [0.25, 0.3) is 10.0 Å². The van der Waals surface area contributed by atoms with Gasteiger partial charge in [-0.2, -0.15) is 0 Å². The molecular weight excluding hydrogens is 350 g/mol. The molecule has 1 aromatic heterocycles. The molecule has 2 aromatic carbocycles. The fourth-order valence-electron chi connectivity index (χ4n) is 3.18. The van der Waals surface area contributed by atoms with E-state index in [0.29, 0.717) is 16.8 Å². The molecule has 138 valence electrons. The lowest BCUT2D eigenvalue weighted by Crippen LogP contribution is -2.19. The maximum atomic E-state index is 12.9. The molecule has 3 aromatic rings. The maximum Gasteiger partial charge on any atom is 0.328 e. The van der Waals surface area contributed by atoms with Crippen molar-refractivity contribution >= 4 is 26.7 Å². The average molecular weight is 373 g/mol. The van der Waals surface area contributed by atoms with Gasteiger partial charge in [-0.3, -0.25) is 13.9 Å². The molecule has 0 amide bonds. The van der Waals surface area contributed by atoms with Crippen molar-refractivity contribution in [1.29, 1.82) is 0 Å². The highest BCUT2D eigenvalue weighted by Gasteiger charge is 2.20. The van der Waals surface area contributed by atoms with E-state index in [2.05, 4.69) is 4.72 Å². The van der Waals surface area contributed by atoms with Crippen molar-refractivity contribution in [3.8, 4) is 0 Å². The second-order valence-electron chi connectivity index (χ2n) is 6.86. The van der Waals surface area contributed by atoms with Gasteiger partial charge in [0.2, 0.25) is 0 Å². The van der Waals surface area contributed by atoms with Gasteiger partial charge in [0.15, 0.2) is 0 Å². The molecule has 0 radical (unpaired) electrons. The zero-order chi connectivity index (χ0) is 19.4. The molecular formula is C19H23N3O3S. The van der Waals surface area contributed by atoms with Gasteiger partial charge in [0.1, 0.15) is 0 Å². The van der Waals surface area contributed by atoms with E-state index in [4.69, 9.17) is 0 Å². The molecule has 3 rings (SSSR count). The number of nitrogens with one attached hydrogen (secondary N) is 1. The first-order chi connectivity index (χ1) is 12.0. The Kier molecular flexibility index (Phi) is 4.23. The Morgan fingerprint density at radius 1 is 0.769 bits per heavy atom. The fraction of sp³-hybridized carbons (Fsp3) is 0.316. The molecule has 0 aliphatic heterocycles. The predicted octanol–water partition coefficient (Wildman–Crippen LogP) is 2.91. The van der Waals surface area contributed by atoms with Gasteiger partial charge in [-0.05, 0) is 68.1 Å². The minimum absolute atomic E-state index is 0.149. The Bertz CT molecular complexity index is 1200. The van der Waals surface area contributed by atoms with Crippen molar-refractivity contribution in [1.82, 2.24) is 9.13 Å². The molecule has 0 saturated carbocycles. The third-order valence-corrected chi connectivity index (χ3v) is 6.45. The van der Waals surface area contributed by atoms with Crippen LogP contribution in [-0.2, 0) is 24.1 Å². The van der Waals surface area contributed by atoms with Crippen LogP contribution in [0.5, 0.6) is 0 Å². The number of aromatic nitrogens is 2. The van der Waals surface area contributed by atoms with E-state index in [-0.39, 0.29) is 10.6 Å². The van der Waals surface area contributed by atoms with E-state index in [9.17, 15) is 13.2 Å². The number of nitrogens with zero attached hydrogens (tertiary/aromatic N) is 2. The fourth-order valence-corrected chi connectivity index (χ4v) is 4.62. The summed E-state index contributed by atoms with van der Waals surface area (Å²) in [5, 5.41) is 0. The van der Waals surface area contributed by atoms with Crippen molar-refractivity contribution in [2.45, 2.75) is 32.6 Å². The minimum atomic E-state index is -3.73. The largest absolute Gasteiger partial charge is 0.328 e. The van der Waals surface area contributed by atoms with Crippen LogP contribution in [0, 0.1) is 27.7 Å². The molecule has 0 bridgehead atoms. The van der Waals surface area contributed by atoms with Crippen LogP contribution in [-0.4, -0.2) is 17.6 Å². The van der Waals surface area contributed by atoms with Gasteiger partial charge in [0, 0.05) is 14.1 Å². The SMILES string of the molecule is Cc1cc(C)c(S(=O)(=O)Nc2cc3c(cc2C)n(C)c(=O)n3C)cc1C. The minimum Gasteiger partial charge on any atom is -0.295 e. The maximum absolute atomic E-state index is 12.9. The second kappa shape index (κ2) is 6.02. The van der Waals surface area contributed by atoms with Gasteiger partial charge < -0.3 is 0 Å². The summed E-state index contributed by atoms with van der Waals surface area (Å²) >= 11 is 0. The lowest BCUT2D eigenvalue weighted by molar-refractivity contribution is 0.600. The summed E-state index contributed by atoms with van der Waals surface area (Å²) in [6, 6.07) is 7.10. The third-order valence-electron chi connectivity index (χ3n) is 4.94. The van der Waals surface area contributed by atoms with Crippen LogP contribution in [0.15, 0.2) is 34.0 Å². The van der Waals surface area contributed by atoms with Crippen LogP contribution >= 0.6 is 0 Å². The van der Waals surface area contributed by atoms with Gasteiger partial charge in [-0.1, -0.05) is 6.07 Å². The number of anilines is 1. The topological polar surface area (TPSA) is 73.1 Å². The number of aryl methyl sites for hydroxylation is 6. The summed E-state index contributed by atoms with van der Waals surface area (Å²) in [6.45, 7) is 7.46. The summed E-state index contributed by atoms with van der Waals surface area (Å²) in [5.74, 6) is 0. The molecule has 0 spiro atoms. The molecule has 0 fully saturated rings. The highest BCUT2D eigenvalue weighted by molar-refractivity contribution is 7.92. The van der Waals surface area contributed by atoms with Crippen LogP contribution in [0.2, 0.25) is 0 Å². The zero-order valence-electron chi connectivity index (χ0n) is 15.8. The Morgan fingerprint density at radius 3 is 1.92 bits per heavy atom. The van der Waals surface area contributed by atoms with Crippen molar-refractivity contribution < 1.29 is 8.42 Å². The van der Waals surface area contributed by atoms with Crippen molar-refractivity contribution in [3.05, 3.63) is 57.0 Å². The van der Waals surface area contributed by atoms with Gasteiger partial charge in [0.05, 0.1) is 21.6 Å². The van der Waals surface area contributed by atoms with Crippen LogP contribution in [0.4, 0.5) is 5.69 Å². The summed E-state index contributed by atoms with van der Waals surface area (Å²) in [6.07, 6.45) is 0. The quantitative estimate of drug-likeness (QED) is 0.767. The van der Waals surface area contributed by atoms with Crippen LogP contribution in [0.25, 0.3) is 11.0 Å². The number of sulfonamides is 1. The molecule has 1 heterocycles. The first kappa shape index (κ1) is 18.3. The standard InChI is InChI=1S/C19H23N3O3S/c1-11-7-14(4)18(9-12(11)2)26(24,25)20-15-10-17-16(8-13(15)3)21(5)19(23)22(17)6/h7-10,20H,1-6H3. The normalized spacial score (nSPS) is 11.9. The van der Waals surface area contributed by atoms with Crippen LogP contribution in [0.3, 0.4) is 0 Å². The monoisotopic (exact) mass is 373 g/mol. The number of rotatable bonds is 3. The first-order valence-electron chi connectivity index (χ1n) is 8.29. The van der Waals surface area contributed by atoms with Gasteiger partial charge in [-0.15, -0.1) is 0 Å². The average Bonchev–Trinajstić information content (AvgIpc) is 2.75. The van der Waals surface area contributed by atoms with E-state index in [1.165, 1.54) is 4.57 Å². The van der Waals surface area contributed by atoms with Crippen molar-refractivity contribution in [3.63, 3.8) is 0 Å². The Labute approximate surface area is 153 Å². The highest BCUT2D eigenvalue weighted by atomic mass is 32.2. The van der Waals surface area contributed by atoms with Gasteiger partial charge in [-0.25, -0.2) is 13.2 Å². The summed E-state index contributed by atoms with van der Waals surface area (Å²) in [4.78, 5) is 12.4. The van der Waals surface area contributed by atoms with Crippen LogP contribution in [0.1, 0.15) is 22.3 Å². The molecule has 0 unspecified atom stereocenters. The number of imidazole rings is 1. The Hall–Kier alpha value is -2.54. The van der Waals surface area contributed by atoms with Crippen molar-refractivity contribution in [2.75, 3.05) is 4.72 Å². The van der Waals surface area contributed by atoms with E-state index >= 15 is 0 Å². The lowest BCUT2D eigenvalue weighted by atomic mass is 10.1. The van der Waals surface area contributed by atoms with E-state index < -0.39 is 10.0 Å². The molecule has 0 saturated heterocycles.